The van der Waals surface area contributed by atoms with Crippen LogP contribution in [0.3, 0.4) is 0 Å². The number of carbonyl (C=O) groups is 1. The summed E-state index contributed by atoms with van der Waals surface area (Å²) in [6.07, 6.45) is 3.64. The minimum absolute atomic E-state index is 0.0317. The number of ether oxygens (including phenoxy) is 1. The molecule has 0 amide bonds. The number of benzene rings is 1. The molecule has 1 aliphatic rings. The number of Topliss-reactive ketones (excluding diaryl/α,β-unsaturated/α-hetero) is 1. The predicted octanol–water partition coefficient (Wildman–Crippen LogP) is 3.53. The molecular weight excluding hydrogens is 269 g/mol. The molecule has 0 bridgehead atoms. The van der Waals surface area contributed by atoms with Crippen LogP contribution in [-0.4, -0.2) is 37.4 Å². The normalized spacial score (nSPS) is 25.9. The molecule has 1 saturated carbocycles. The highest BCUT2D eigenvalue weighted by atomic mass is 19.1. The molecule has 0 atom stereocenters. The van der Waals surface area contributed by atoms with Crippen molar-refractivity contribution >= 4 is 5.78 Å². The van der Waals surface area contributed by atoms with Gasteiger partial charge < -0.3 is 4.74 Å². The van der Waals surface area contributed by atoms with Crippen LogP contribution in [0, 0.1) is 11.7 Å². The first-order chi connectivity index (χ1) is 9.90. The molecule has 0 aromatic heterocycles. The molecule has 0 radical (unpaired) electrons. The highest BCUT2D eigenvalue weighted by Crippen LogP contribution is 2.39. The van der Waals surface area contributed by atoms with E-state index in [9.17, 15) is 9.18 Å². The number of likely N-dealkylation sites (N-methyl/N-ethyl adjacent to an activating group) is 1. The number of hydrogen-bond acceptors (Lipinski definition) is 3. The zero-order chi connectivity index (χ0) is 15.6. The Morgan fingerprint density at radius 2 is 1.95 bits per heavy atom. The van der Waals surface area contributed by atoms with E-state index in [4.69, 9.17) is 4.74 Å². The van der Waals surface area contributed by atoms with Gasteiger partial charge in [0.25, 0.3) is 0 Å². The average Bonchev–Trinajstić information content (AvgIpc) is 2.47. The Hall–Kier alpha value is -1.42. The SMILES string of the molecule is COc1ccc(F)cc1C(=O)C1(N(C)C)CCC(C)CC1. The second kappa shape index (κ2) is 6.14. The summed E-state index contributed by atoms with van der Waals surface area (Å²) >= 11 is 0. The van der Waals surface area contributed by atoms with Crippen LogP contribution in [0.15, 0.2) is 18.2 Å². The summed E-state index contributed by atoms with van der Waals surface area (Å²) in [5.41, 5.74) is -0.200. The summed E-state index contributed by atoms with van der Waals surface area (Å²) in [6.45, 7) is 2.22. The lowest BCUT2D eigenvalue weighted by Gasteiger charge is -2.43. The van der Waals surface area contributed by atoms with E-state index < -0.39 is 11.4 Å². The van der Waals surface area contributed by atoms with Crippen molar-refractivity contribution in [2.24, 2.45) is 5.92 Å². The van der Waals surface area contributed by atoms with E-state index >= 15 is 0 Å². The molecule has 0 heterocycles. The van der Waals surface area contributed by atoms with Crippen LogP contribution in [-0.2, 0) is 0 Å². The van der Waals surface area contributed by atoms with Crippen LogP contribution >= 0.6 is 0 Å². The Kier molecular flexibility index (Phi) is 4.67. The molecule has 1 aromatic rings. The lowest BCUT2D eigenvalue weighted by atomic mass is 9.72. The molecular formula is C17H24FNO2. The molecule has 0 aliphatic heterocycles. The highest BCUT2D eigenvalue weighted by molar-refractivity contribution is 6.05. The molecule has 0 unspecified atom stereocenters. The maximum Gasteiger partial charge on any atom is 0.186 e. The van der Waals surface area contributed by atoms with Crippen molar-refractivity contribution in [3.05, 3.63) is 29.6 Å². The Morgan fingerprint density at radius 3 is 2.48 bits per heavy atom. The summed E-state index contributed by atoms with van der Waals surface area (Å²) in [5, 5.41) is 0. The van der Waals surface area contributed by atoms with Gasteiger partial charge in [0, 0.05) is 0 Å². The fraction of sp³-hybridized carbons (Fsp3) is 0.588. The molecule has 3 nitrogen and oxygen atoms in total. The third-order valence-electron chi connectivity index (χ3n) is 4.79. The largest absolute Gasteiger partial charge is 0.496 e. The van der Waals surface area contributed by atoms with Gasteiger partial charge >= 0.3 is 0 Å². The van der Waals surface area contributed by atoms with Crippen molar-refractivity contribution in [3.63, 3.8) is 0 Å². The minimum atomic E-state index is -0.548. The van der Waals surface area contributed by atoms with E-state index in [2.05, 4.69) is 6.92 Å². The van der Waals surface area contributed by atoms with Crippen LogP contribution in [0.1, 0.15) is 43.0 Å². The van der Waals surface area contributed by atoms with Crippen LogP contribution in [0.4, 0.5) is 4.39 Å². The fourth-order valence-electron chi connectivity index (χ4n) is 3.23. The van der Waals surface area contributed by atoms with Crippen molar-refractivity contribution in [2.45, 2.75) is 38.1 Å². The summed E-state index contributed by atoms with van der Waals surface area (Å²) in [5.74, 6) is 0.648. The first-order valence-electron chi connectivity index (χ1n) is 7.46. The molecule has 4 heteroatoms. The van der Waals surface area contributed by atoms with E-state index in [-0.39, 0.29) is 5.78 Å². The molecule has 116 valence electrons. The number of halogens is 1. The maximum absolute atomic E-state index is 13.6. The molecule has 21 heavy (non-hydrogen) atoms. The second-order valence-corrected chi connectivity index (χ2v) is 6.28. The summed E-state index contributed by atoms with van der Waals surface area (Å²) in [6, 6.07) is 4.14. The van der Waals surface area contributed by atoms with Crippen molar-refractivity contribution < 1.29 is 13.9 Å². The molecule has 1 fully saturated rings. The Bertz CT molecular complexity index is 520. The van der Waals surface area contributed by atoms with Gasteiger partial charge in [-0.1, -0.05) is 6.92 Å². The van der Waals surface area contributed by atoms with Gasteiger partial charge in [-0.2, -0.15) is 0 Å². The van der Waals surface area contributed by atoms with Gasteiger partial charge in [-0.3, -0.25) is 9.69 Å². The first kappa shape index (κ1) is 16.0. The summed E-state index contributed by atoms with van der Waals surface area (Å²) < 4.78 is 18.8. The third kappa shape index (κ3) is 2.95. The van der Waals surface area contributed by atoms with Crippen molar-refractivity contribution in [2.75, 3.05) is 21.2 Å². The van der Waals surface area contributed by atoms with E-state index in [0.717, 1.165) is 25.7 Å². The van der Waals surface area contributed by atoms with E-state index in [0.29, 0.717) is 17.2 Å². The van der Waals surface area contributed by atoms with Gasteiger partial charge in [-0.25, -0.2) is 4.39 Å². The van der Waals surface area contributed by atoms with Gasteiger partial charge in [0.2, 0.25) is 0 Å². The Morgan fingerprint density at radius 1 is 1.33 bits per heavy atom. The molecule has 2 rings (SSSR count). The van der Waals surface area contributed by atoms with Crippen molar-refractivity contribution in [1.82, 2.24) is 4.90 Å². The lowest BCUT2D eigenvalue weighted by Crippen LogP contribution is -2.53. The van der Waals surface area contributed by atoms with Crippen molar-refractivity contribution in [1.29, 1.82) is 0 Å². The van der Waals surface area contributed by atoms with E-state index in [1.807, 2.05) is 19.0 Å². The predicted molar refractivity (Wildman–Crippen MR) is 81.3 cm³/mol. The number of nitrogens with zero attached hydrogens (tertiary/aromatic N) is 1. The first-order valence-corrected chi connectivity index (χ1v) is 7.46. The van der Waals surface area contributed by atoms with E-state index in [1.165, 1.54) is 25.3 Å². The van der Waals surface area contributed by atoms with Gasteiger partial charge in [0.05, 0.1) is 18.2 Å². The minimum Gasteiger partial charge on any atom is -0.496 e. The maximum atomic E-state index is 13.6. The topological polar surface area (TPSA) is 29.5 Å². The summed E-state index contributed by atoms with van der Waals surface area (Å²) in [4.78, 5) is 15.1. The van der Waals surface area contributed by atoms with Gasteiger partial charge in [-0.05, 0) is 63.9 Å². The van der Waals surface area contributed by atoms with Crippen LogP contribution in [0.2, 0.25) is 0 Å². The number of methoxy groups -OCH3 is 1. The zero-order valence-corrected chi connectivity index (χ0v) is 13.3. The second-order valence-electron chi connectivity index (χ2n) is 6.28. The van der Waals surface area contributed by atoms with Crippen LogP contribution in [0.5, 0.6) is 5.75 Å². The van der Waals surface area contributed by atoms with Crippen LogP contribution in [0.25, 0.3) is 0 Å². The smallest absolute Gasteiger partial charge is 0.186 e. The average molecular weight is 293 g/mol. The monoisotopic (exact) mass is 293 g/mol. The standard InChI is InChI=1S/C17H24FNO2/c1-12-7-9-17(10-8-12,19(2)3)16(20)14-11-13(18)5-6-15(14)21-4/h5-6,11-12H,7-10H2,1-4H3. The van der Waals surface area contributed by atoms with Gasteiger partial charge in [0.15, 0.2) is 5.78 Å². The quantitative estimate of drug-likeness (QED) is 0.795. The molecule has 1 aliphatic carbocycles. The number of ketones is 1. The van der Waals surface area contributed by atoms with Gasteiger partial charge in [-0.15, -0.1) is 0 Å². The lowest BCUT2D eigenvalue weighted by molar-refractivity contribution is 0.0510. The number of rotatable bonds is 4. The fourth-order valence-corrected chi connectivity index (χ4v) is 3.23. The number of hydrogen-bond donors (Lipinski definition) is 0. The highest BCUT2D eigenvalue weighted by Gasteiger charge is 2.44. The third-order valence-corrected chi connectivity index (χ3v) is 4.79. The molecule has 0 spiro atoms. The van der Waals surface area contributed by atoms with E-state index in [1.54, 1.807) is 0 Å². The zero-order valence-electron chi connectivity index (χ0n) is 13.3. The van der Waals surface area contributed by atoms with Crippen LogP contribution < -0.4 is 4.74 Å². The number of carbonyl (C=O) groups excluding carboxylic acids is 1. The molecule has 1 aromatic carbocycles. The summed E-state index contributed by atoms with van der Waals surface area (Å²) in [7, 11) is 5.37. The molecule has 0 saturated heterocycles. The molecule has 0 N–H and O–H groups in total. The van der Waals surface area contributed by atoms with Gasteiger partial charge in [0.1, 0.15) is 11.6 Å². The Labute approximate surface area is 126 Å². The van der Waals surface area contributed by atoms with Crippen molar-refractivity contribution in [3.8, 4) is 5.75 Å². The Balaban J connectivity index is 2.42.